The van der Waals surface area contributed by atoms with Gasteiger partial charge in [0.25, 0.3) is 5.91 Å². The average Bonchev–Trinajstić information content (AvgIpc) is 3.09. The predicted molar refractivity (Wildman–Crippen MR) is 94.3 cm³/mol. The molecule has 2 N–H and O–H groups in total. The van der Waals surface area contributed by atoms with Crippen molar-refractivity contribution < 1.29 is 14.3 Å². The van der Waals surface area contributed by atoms with E-state index >= 15 is 0 Å². The van der Waals surface area contributed by atoms with Crippen molar-refractivity contribution in [2.45, 2.75) is 13.3 Å². The number of H-pyrrole nitrogens is 1. The van der Waals surface area contributed by atoms with Gasteiger partial charge >= 0.3 is 0 Å². The van der Waals surface area contributed by atoms with Crippen molar-refractivity contribution in [3.05, 3.63) is 53.3 Å². The lowest BCUT2D eigenvalue weighted by molar-refractivity contribution is 0.0954. The first-order chi connectivity index (χ1) is 12.2. The van der Waals surface area contributed by atoms with Crippen molar-refractivity contribution in [3.8, 4) is 11.5 Å². The van der Waals surface area contributed by atoms with Gasteiger partial charge in [-0.3, -0.25) is 4.79 Å². The second-order valence-corrected chi connectivity index (χ2v) is 6.06. The van der Waals surface area contributed by atoms with Crippen LogP contribution in [0.2, 0.25) is 0 Å². The Morgan fingerprint density at radius 3 is 2.84 bits per heavy atom. The standard InChI is InChI=1S/C19H19N3O3/c1-12-8-17-18(25-7-6-24-17)10-13(12)4-5-20-19(23)14-2-3-15-16(9-14)22-11-21-15/h2-3,8-11H,4-7H2,1H3,(H,20,23)(H,21,22). The molecule has 0 saturated carbocycles. The third-order valence-corrected chi connectivity index (χ3v) is 4.36. The second-order valence-electron chi connectivity index (χ2n) is 6.06. The highest BCUT2D eigenvalue weighted by Crippen LogP contribution is 2.33. The summed E-state index contributed by atoms with van der Waals surface area (Å²) in [7, 11) is 0. The molecule has 0 radical (unpaired) electrons. The number of amides is 1. The predicted octanol–water partition coefficient (Wildman–Crippen LogP) is 2.62. The van der Waals surface area contributed by atoms with Gasteiger partial charge in [0, 0.05) is 12.1 Å². The van der Waals surface area contributed by atoms with E-state index in [1.54, 1.807) is 12.4 Å². The fraction of sp³-hybridized carbons (Fsp3) is 0.263. The number of hydrogen-bond donors (Lipinski definition) is 2. The summed E-state index contributed by atoms with van der Waals surface area (Å²) in [5.41, 5.74) is 4.61. The molecule has 0 saturated heterocycles. The Morgan fingerprint density at radius 2 is 2.00 bits per heavy atom. The summed E-state index contributed by atoms with van der Waals surface area (Å²) >= 11 is 0. The van der Waals surface area contributed by atoms with E-state index in [2.05, 4.69) is 15.3 Å². The van der Waals surface area contributed by atoms with Gasteiger partial charge < -0.3 is 19.8 Å². The van der Waals surface area contributed by atoms with E-state index in [1.807, 2.05) is 31.2 Å². The van der Waals surface area contributed by atoms with Crippen molar-refractivity contribution in [1.29, 1.82) is 0 Å². The fourth-order valence-electron chi connectivity index (χ4n) is 2.99. The molecular formula is C19H19N3O3. The smallest absolute Gasteiger partial charge is 0.251 e. The highest BCUT2D eigenvalue weighted by atomic mass is 16.6. The van der Waals surface area contributed by atoms with Gasteiger partial charge in [-0.15, -0.1) is 0 Å². The number of aryl methyl sites for hydroxylation is 1. The van der Waals surface area contributed by atoms with E-state index in [1.165, 1.54) is 0 Å². The Kier molecular flexibility index (Phi) is 4.01. The number of carbonyl (C=O) groups is 1. The van der Waals surface area contributed by atoms with Crippen molar-refractivity contribution in [1.82, 2.24) is 15.3 Å². The molecule has 3 aromatic rings. The van der Waals surface area contributed by atoms with Gasteiger partial charge in [-0.2, -0.15) is 0 Å². The third kappa shape index (κ3) is 3.15. The number of rotatable bonds is 4. The van der Waals surface area contributed by atoms with E-state index in [-0.39, 0.29) is 5.91 Å². The molecule has 0 fully saturated rings. The lowest BCUT2D eigenvalue weighted by Crippen LogP contribution is -2.26. The Labute approximate surface area is 145 Å². The molecule has 2 heterocycles. The summed E-state index contributed by atoms with van der Waals surface area (Å²) in [6.07, 6.45) is 2.36. The van der Waals surface area contributed by atoms with Crippen LogP contribution in [-0.2, 0) is 6.42 Å². The van der Waals surface area contributed by atoms with E-state index in [0.717, 1.165) is 40.1 Å². The Hall–Kier alpha value is -3.02. The van der Waals surface area contributed by atoms with Gasteiger partial charge in [0.1, 0.15) is 13.2 Å². The Bertz CT molecular complexity index is 933. The molecule has 2 aromatic carbocycles. The zero-order valence-electron chi connectivity index (χ0n) is 14.0. The summed E-state index contributed by atoms with van der Waals surface area (Å²) in [6.45, 7) is 3.76. The van der Waals surface area contributed by atoms with Crippen molar-refractivity contribution >= 4 is 16.9 Å². The number of aromatic nitrogens is 2. The van der Waals surface area contributed by atoms with Gasteiger partial charge in [-0.1, -0.05) is 0 Å². The van der Waals surface area contributed by atoms with Crippen LogP contribution < -0.4 is 14.8 Å². The fourth-order valence-corrected chi connectivity index (χ4v) is 2.99. The van der Waals surface area contributed by atoms with Crippen LogP contribution in [0.25, 0.3) is 11.0 Å². The highest BCUT2D eigenvalue weighted by molar-refractivity contribution is 5.97. The van der Waals surface area contributed by atoms with Gasteiger partial charge in [0.05, 0.1) is 17.4 Å². The van der Waals surface area contributed by atoms with Crippen molar-refractivity contribution in [3.63, 3.8) is 0 Å². The summed E-state index contributed by atoms with van der Waals surface area (Å²) < 4.78 is 11.2. The number of ether oxygens (including phenoxy) is 2. The number of nitrogens with one attached hydrogen (secondary N) is 2. The first kappa shape index (κ1) is 15.5. The van der Waals surface area contributed by atoms with Crippen LogP contribution in [0, 0.1) is 6.92 Å². The number of aromatic amines is 1. The van der Waals surface area contributed by atoms with Crippen LogP contribution in [0.15, 0.2) is 36.7 Å². The minimum atomic E-state index is -0.0910. The Morgan fingerprint density at radius 1 is 1.20 bits per heavy atom. The van der Waals surface area contributed by atoms with E-state index < -0.39 is 0 Å². The molecule has 1 aliphatic rings. The zero-order chi connectivity index (χ0) is 17.2. The van der Waals surface area contributed by atoms with Crippen LogP contribution in [0.1, 0.15) is 21.5 Å². The third-order valence-electron chi connectivity index (χ3n) is 4.36. The maximum absolute atomic E-state index is 12.3. The van der Waals surface area contributed by atoms with Crippen LogP contribution in [0.3, 0.4) is 0 Å². The largest absolute Gasteiger partial charge is 0.486 e. The van der Waals surface area contributed by atoms with Crippen LogP contribution >= 0.6 is 0 Å². The maximum atomic E-state index is 12.3. The van der Waals surface area contributed by atoms with Gasteiger partial charge in [0.2, 0.25) is 0 Å². The molecule has 1 amide bonds. The first-order valence-corrected chi connectivity index (χ1v) is 8.31. The SMILES string of the molecule is Cc1cc2c(cc1CCNC(=O)c1ccc3nc[nH]c3c1)OCCO2. The minimum Gasteiger partial charge on any atom is -0.486 e. The lowest BCUT2D eigenvalue weighted by atomic mass is 10.0. The van der Waals surface area contributed by atoms with Crippen LogP contribution in [0.5, 0.6) is 11.5 Å². The Balaban J connectivity index is 1.41. The average molecular weight is 337 g/mol. The molecule has 0 spiro atoms. The van der Waals surface area contributed by atoms with E-state index in [4.69, 9.17) is 9.47 Å². The first-order valence-electron chi connectivity index (χ1n) is 8.31. The zero-order valence-corrected chi connectivity index (χ0v) is 14.0. The molecule has 128 valence electrons. The topological polar surface area (TPSA) is 76.2 Å². The number of carbonyl (C=O) groups excluding carboxylic acids is 1. The lowest BCUT2D eigenvalue weighted by Gasteiger charge is -2.20. The molecule has 1 aromatic heterocycles. The number of hydrogen-bond acceptors (Lipinski definition) is 4. The molecule has 25 heavy (non-hydrogen) atoms. The number of fused-ring (bicyclic) bond motifs is 2. The number of nitrogens with zero attached hydrogens (tertiary/aromatic N) is 1. The number of imidazole rings is 1. The summed E-state index contributed by atoms with van der Waals surface area (Å²) in [5.74, 6) is 1.49. The summed E-state index contributed by atoms with van der Waals surface area (Å²) in [6, 6.07) is 9.44. The molecule has 4 rings (SSSR count). The normalized spacial score (nSPS) is 13.0. The van der Waals surface area contributed by atoms with E-state index in [0.29, 0.717) is 25.3 Å². The molecule has 6 heteroatoms. The van der Waals surface area contributed by atoms with Crippen molar-refractivity contribution in [2.24, 2.45) is 0 Å². The quantitative estimate of drug-likeness (QED) is 0.767. The highest BCUT2D eigenvalue weighted by Gasteiger charge is 2.14. The monoisotopic (exact) mass is 337 g/mol. The second kappa shape index (κ2) is 6.47. The van der Waals surface area contributed by atoms with Gasteiger partial charge in [-0.25, -0.2) is 4.98 Å². The summed E-state index contributed by atoms with van der Waals surface area (Å²) in [5, 5.41) is 2.97. The van der Waals surface area contributed by atoms with E-state index in [9.17, 15) is 4.79 Å². The summed E-state index contributed by atoms with van der Waals surface area (Å²) in [4.78, 5) is 19.5. The molecule has 0 aliphatic carbocycles. The van der Waals surface area contributed by atoms with Crippen LogP contribution in [0.4, 0.5) is 0 Å². The van der Waals surface area contributed by atoms with Crippen LogP contribution in [-0.4, -0.2) is 35.6 Å². The van der Waals surface area contributed by atoms with Gasteiger partial charge in [-0.05, 0) is 54.8 Å². The molecule has 0 bridgehead atoms. The number of benzene rings is 2. The molecule has 0 unspecified atom stereocenters. The molecule has 6 nitrogen and oxygen atoms in total. The molecular weight excluding hydrogens is 318 g/mol. The van der Waals surface area contributed by atoms with Crippen molar-refractivity contribution in [2.75, 3.05) is 19.8 Å². The van der Waals surface area contributed by atoms with Gasteiger partial charge in [0.15, 0.2) is 11.5 Å². The maximum Gasteiger partial charge on any atom is 0.251 e. The molecule has 1 aliphatic heterocycles. The molecule has 0 atom stereocenters. The minimum absolute atomic E-state index is 0.0910.